The summed E-state index contributed by atoms with van der Waals surface area (Å²) in [4.78, 5) is 23.2. The van der Waals surface area contributed by atoms with Crippen molar-refractivity contribution in [2.24, 2.45) is 0 Å². The molecule has 26 heavy (non-hydrogen) atoms. The quantitative estimate of drug-likeness (QED) is 0.706. The Morgan fingerprint density at radius 2 is 2.08 bits per heavy atom. The number of carbonyl (C=O) groups excluding carboxylic acids is 1. The Morgan fingerprint density at radius 1 is 1.23 bits per heavy atom. The number of hydrogen-bond acceptors (Lipinski definition) is 5. The fourth-order valence-electron chi connectivity index (χ4n) is 3.53. The van der Waals surface area contributed by atoms with Gasteiger partial charge in [0, 0.05) is 12.7 Å². The molecule has 1 aliphatic heterocycles. The van der Waals surface area contributed by atoms with Gasteiger partial charge >= 0.3 is 0 Å². The molecule has 134 valence electrons. The van der Waals surface area contributed by atoms with Crippen LogP contribution in [0.25, 0.3) is 5.78 Å². The zero-order chi connectivity index (χ0) is 17.9. The third-order valence-electron chi connectivity index (χ3n) is 4.71. The third kappa shape index (κ3) is 3.12. The van der Waals surface area contributed by atoms with Gasteiger partial charge in [-0.3, -0.25) is 4.79 Å². The molecule has 7 heteroatoms. The Bertz CT molecular complexity index is 906. The van der Waals surface area contributed by atoms with Gasteiger partial charge in [0.2, 0.25) is 5.91 Å². The van der Waals surface area contributed by atoms with E-state index in [1.807, 2.05) is 42.2 Å². The summed E-state index contributed by atoms with van der Waals surface area (Å²) in [7, 11) is 0. The van der Waals surface area contributed by atoms with Crippen LogP contribution < -0.4 is 4.74 Å². The number of nitrogens with zero attached hydrogens (tertiary/aromatic N) is 5. The lowest BCUT2D eigenvalue weighted by Crippen LogP contribution is -2.32. The Balaban J connectivity index is 1.52. The first kappa shape index (κ1) is 16.5. The summed E-state index contributed by atoms with van der Waals surface area (Å²) in [5.74, 6) is 1.52. The topological polar surface area (TPSA) is 72.6 Å². The lowest BCUT2D eigenvalue weighted by Gasteiger charge is -2.25. The second-order valence-electron chi connectivity index (χ2n) is 6.34. The highest BCUT2D eigenvalue weighted by Gasteiger charge is 2.31. The van der Waals surface area contributed by atoms with E-state index < -0.39 is 0 Å². The van der Waals surface area contributed by atoms with Crippen LogP contribution in [-0.2, 0) is 11.2 Å². The summed E-state index contributed by atoms with van der Waals surface area (Å²) in [5.41, 5.74) is 1.95. The molecule has 1 amide bonds. The summed E-state index contributed by atoms with van der Waals surface area (Å²) in [6.07, 6.45) is 5.51. The van der Waals surface area contributed by atoms with E-state index >= 15 is 0 Å². The average molecular weight is 351 g/mol. The zero-order valence-corrected chi connectivity index (χ0v) is 14.7. The van der Waals surface area contributed by atoms with Gasteiger partial charge in [-0.2, -0.15) is 14.6 Å². The van der Waals surface area contributed by atoms with Gasteiger partial charge in [0.15, 0.2) is 0 Å². The summed E-state index contributed by atoms with van der Waals surface area (Å²) in [5, 5.41) is 4.26. The van der Waals surface area contributed by atoms with Gasteiger partial charge in [0.1, 0.15) is 12.1 Å². The van der Waals surface area contributed by atoms with Gasteiger partial charge in [-0.15, -0.1) is 0 Å². The Labute approximate surface area is 151 Å². The molecule has 0 bridgehead atoms. The number of fused-ring (bicyclic) bond motifs is 1. The Morgan fingerprint density at radius 3 is 2.88 bits per heavy atom. The van der Waals surface area contributed by atoms with Crippen LogP contribution in [-0.4, -0.2) is 43.5 Å². The molecule has 0 aliphatic carbocycles. The Hall–Kier alpha value is -2.96. The number of rotatable bonds is 5. The SMILES string of the molecule is CCOc1ccc(CC(=O)N2CCCC2c2ccnc3ncnn23)cc1. The zero-order valence-electron chi connectivity index (χ0n) is 14.7. The van der Waals surface area contributed by atoms with Gasteiger partial charge in [-0.05, 0) is 43.5 Å². The number of amides is 1. The van der Waals surface area contributed by atoms with Gasteiger partial charge in [-0.1, -0.05) is 12.1 Å². The lowest BCUT2D eigenvalue weighted by atomic mass is 10.1. The van der Waals surface area contributed by atoms with Crippen molar-refractivity contribution in [3.63, 3.8) is 0 Å². The second kappa shape index (κ2) is 7.11. The average Bonchev–Trinajstić information content (AvgIpc) is 3.32. The van der Waals surface area contributed by atoms with E-state index in [0.29, 0.717) is 18.8 Å². The minimum absolute atomic E-state index is 0.0115. The minimum atomic E-state index is 0.0115. The summed E-state index contributed by atoms with van der Waals surface area (Å²) in [6, 6.07) is 9.67. The molecule has 1 aliphatic rings. The molecule has 4 rings (SSSR count). The van der Waals surface area contributed by atoms with E-state index in [2.05, 4.69) is 15.1 Å². The highest BCUT2D eigenvalue weighted by atomic mass is 16.5. The van der Waals surface area contributed by atoms with Crippen LogP contribution in [0.4, 0.5) is 0 Å². The number of likely N-dealkylation sites (tertiary alicyclic amines) is 1. The molecule has 3 heterocycles. The van der Waals surface area contributed by atoms with Crippen LogP contribution in [0, 0.1) is 0 Å². The van der Waals surface area contributed by atoms with Crippen molar-refractivity contribution in [3.05, 3.63) is 54.1 Å². The fourth-order valence-corrected chi connectivity index (χ4v) is 3.53. The first-order valence-electron chi connectivity index (χ1n) is 8.92. The predicted molar refractivity (Wildman–Crippen MR) is 95.8 cm³/mol. The van der Waals surface area contributed by atoms with Crippen molar-refractivity contribution in [1.29, 1.82) is 0 Å². The number of benzene rings is 1. The van der Waals surface area contributed by atoms with Crippen molar-refractivity contribution in [2.75, 3.05) is 13.2 Å². The number of aromatic nitrogens is 4. The maximum atomic E-state index is 12.9. The van der Waals surface area contributed by atoms with E-state index in [1.54, 1.807) is 10.7 Å². The van der Waals surface area contributed by atoms with Crippen LogP contribution in [0.2, 0.25) is 0 Å². The van der Waals surface area contributed by atoms with Crippen LogP contribution in [0.15, 0.2) is 42.9 Å². The van der Waals surface area contributed by atoms with Crippen molar-refractivity contribution < 1.29 is 9.53 Å². The number of carbonyl (C=O) groups is 1. The van der Waals surface area contributed by atoms with Crippen LogP contribution in [0.5, 0.6) is 5.75 Å². The van der Waals surface area contributed by atoms with Gasteiger partial charge in [-0.25, -0.2) is 4.98 Å². The minimum Gasteiger partial charge on any atom is -0.494 e. The van der Waals surface area contributed by atoms with E-state index in [1.165, 1.54) is 6.33 Å². The summed E-state index contributed by atoms with van der Waals surface area (Å²) in [6.45, 7) is 3.35. The number of ether oxygens (including phenoxy) is 1. The highest BCUT2D eigenvalue weighted by Crippen LogP contribution is 2.32. The smallest absolute Gasteiger partial charge is 0.252 e. The van der Waals surface area contributed by atoms with Crippen molar-refractivity contribution in [2.45, 2.75) is 32.2 Å². The molecule has 1 saturated heterocycles. The molecule has 1 unspecified atom stereocenters. The first-order chi connectivity index (χ1) is 12.8. The molecule has 7 nitrogen and oxygen atoms in total. The largest absolute Gasteiger partial charge is 0.494 e. The van der Waals surface area contributed by atoms with Crippen LogP contribution in [0.1, 0.15) is 37.1 Å². The van der Waals surface area contributed by atoms with Crippen molar-refractivity contribution in [1.82, 2.24) is 24.5 Å². The summed E-state index contributed by atoms with van der Waals surface area (Å²) >= 11 is 0. The van der Waals surface area contributed by atoms with Crippen LogP contribution >= 0.6 is 0 Å². The maximum Gasteiger partial charge on any atom is 0.252 e. The predicted octanol–water partition coefficient (Wildman–Crippen LogP) is 2.43. The molecule has 0 spiro atoms. The number of hydrogen-bond donors (Lipinski definition) is 0. The van der Waals surface area contributed by atoms with Gasteiger partial charge < -0.3 is 9.64 Å². The first-order valence-corrected chi connectivity index (χ1v) is 8.92. The molecular weight excluding hydrogens is 330 g/mol. The normalized spacial score (nSPS) is 17.0. The molecule has 1 aromatic carbocycles. The summed E-state index contributed by atoms with van der Waals surface area (Å²) < 4.78 is 7.19. The molecule has 1 fully saturated rings. The maximum absolute atomic E-state index is 12.9. The molecule has 2 aromatic heterocycles. The Kier molecular flexibility index (Phi) is 4.51. The van der Waals surface area contributed by atoms with E-state index in [0.717, 1.165) is 36.4 Å². The standard InChI is InChI=1S/C19H21N5O2/c1-2-26-15-7-5-14(6-8-15)12-18(25)23-11-3-4-16(23)17-9-10-20-19-21-13-22-24(17)19/h5-10,13,16H,2-4,11-12H2,1H3. The molecule has 3 aromatic rings. The lowest BCUT2D eigenvalue weighted by molar-refractivity contribution is -0.131. The van der Waals surface area contributed by atoms with Crippen molar-refractivity contribution in [3.8, 4) is 5.75 Å². The molecule has 0 radical (unpaired) electrons. The third-order valence-corrected chi connectivity index (χ3v) is 4.71. The van der Waals surface area contributed by atoms with Crippen molar-refractivity contribution >= 4 is 11.7 Å². The molecular formula is C19H21N5O2. The van der Waals surface area contributed by atoms with E-state index in [-0.39, 0.29) is 11.9 Å². The molecule has 0 N–H and O–H groups in total. The second-order valence-corrected chi connectivity index (χ2v) is 6.34. The van der Waals surface area contributed by atoms with E-state index in [9.17, 15) is 4.79 Å². The molecule has 1 atom stereocenters. The fraction of sp³-hybridized carbons (Fsp3) is 0.368. The molecule has 0 saturated carbocycles. The van der Waals surface area contributed by atoms with Crippen LogP contribution in [0.3, 0.4) is 0 Å². The van der Waals surface area contributed by atoms with Gasteiger partial charge in [0.25, 0.3) is 5.78 Å². The van der Waals surface area contributed by atoms with Gasteiger partial charge in [0.05, 0.1) is 24.8 Å². The highest BCUT2D eigenvalue weighted by molar-refractivity contribution is 5.79. The van der Waals surface area contributed by atoms with E-state index in [4.69, 9.17) is 4.74 Å². The monoisotopic (exact) mass is 351 g/mol.